The third kappa shape index (κ3) is 2.51. The molecule has 0 fully saturated rings. The summed E-state index contributed by atoms with van der Waals surface area (Å²) in [6, 6.07) is 6.06. The second-order valence-corrected chi connectivity index (χ2v) is 4.15. The van der Waals surface area contributed by atoms with Gasteiger partial charge in [-0.05, 0) is 30.5 Å². The van der Waals surface area contributed by atoms with Crippen LogP contribution in [0.1, 0.15) is 22.5 Å². The van der Waals surface area contributed by atoms with E-state index in [-0.39, 0.29) is 5.69 Å². The van der Waals surface area contributed by atoms with Gasteiger partial charge in [0.25, 0.3) is 0 Å². The fraction of sp³-hybridized carbons (Fsp3) is 0.231. The zero-order valence-corrected chi connectivity index (χ0v) is 10.3. The SMILES string of the molecule is Cc1cccc(Cc2ncc([N+](=O)[O-])cn2)c1C. The number of aryl methyl sites for hydroxylation is 1. The minimum absolute atomic E-state index is 0.0836. The van der Waals surface area contributed by atoms with Crippen LogP contribution in [-0.2, 0) is 6.42 Å². The van der Waals surface area contributed by atoms with Gasteiger partial charge in [-0.2, -0.15) is 0 Å². The molecule has 18 heavy (non-hydrogen) atoms. The van der Waals surface area contributed by atoms with Crippen molar-refractivity contribution in [3.63, 3.8) is 0 Å². The molecule has 0 aliphatic heterocycles. The second-order valence-electron chi connectivity index (χ2n) is 4.15. The summed E-state index contributed by atoms with van der Waals surface area (Å²) < 4.78 is 0. The van der Waals surface area contributed by atoms with Crippen molar-refractivity contribution in [1.29, 1.82) is 0 Å². The van der Waals surface area contributed by atoms with E-state index in [9.17, 15) is 10.1 Å². The standard InChI is InChI=1S/C13H13N3O2/c1-9-4-3-5-11(10(9)2)6-13-14-7-12(8-15-13)16(17)18/h3-5,7-8H,6H2,1-2H3. The van der Waals surface area contributed by atoms with E-state index in [1.54, 1.807) is 0 Å². The molecule has 0 saturated heterocycles. The molecule has 0 spiro atoms. The Hall–Kier alpha value is -2.30. The van der Waals surface area contributed by atoms with E-state index in [0.717, 1.165) is 5.56 Å². The highest BCUT2D eigenvalue weighted by atomic mass is 16.6. The predicted octanol–water partition coefficient (Wildman–Crippen LogP) is 2.59. The molecule has 0 aliphatic rings. The van der Waals surface area contributed by atoms with Crippen molar-refractivity contribution in [3.8, 4) is 0 Å². The summed E-state index contributed by atoms with van der Waals surface area (Å²) in [7, 11) is 0. The maximum absolute atomic E-state index is 10.5. The fourth-order valence-corrected chi connectivity index (χ4v) is 1.71. The van der Waals surface area contributed by atoms with Crippen molar-refractivity contribution < 1.29 is 4.92 Å². The fourth-order valence-electron chi connectivity index (χ4n) is 1.71. The van der Waals surface area contributed by atoms with Crippen LogP contribution >= 0.6 is 0 Å². The molecular weight excluding hydrogens is 230 g/mol. The van der Waals surface area contributed by atoms with Gasteiger partial charge in [-0.25, -0.2) is 9.97 Å². The third-order valence-corrected chi connectivity index (χ3v) is 2.97. The Bertz CT molecular complexity index is 579. The van der Waals surface area contributed by atoms with E-state index in [1.165, 1.54) is 23.5 Å². The van der Waals surface area contributed by atoms with E-state index < -0.39 is 4.92 Å². The molecule has 0 N–H and O–H groups in total. The molecule has 0 bridgehead atoms. The summed E-state index contributed by atoms with van der Waals surface area (Å²) in [6.07, 6.45) is 3.08. The highest BCUT2D eigenvalue weighted by Crippen LogP contribution is 2.16. The highest BCUT2D eigenvalue weighted by molar-refractivity contribution is 5.35. The number of rotatable bonds is 3. The maximum atomic E-state index is 10.5. The first-order chi connectivity index (χ1) is 8.58. The van der Waals surface area contributed by atoms with Gasteiger partial charge in [0, 0.05) is 6.42 Å². The summed E-state index contributed by atoms with van der Waals surface area (Å²) in [5.41, 5.74) is 3.48. The molecule has 92 valence electrons. The molecular formula is C13H13N3O2. The molecule has 1 heterocycles. The normalized spacial score (nSPS) is 10.3. The Kier molecular flexibility index (Phi) is 3.32. The molecule has 2 aromatic rings. The maximum Gasteiger partial charge on any atom is 0.305 e. The average molecular weight is 243 g/mol. The average Bonchev–Trinajstić information content (AvgIpc) is 2.36. The molecule has 0 saturated carbocycles. The monoisotopic (exact) mass is 243 g/mol. The van der Waals surface area contributed by atoms with Crippen molar-refractivity contribution >= 4 is 5.69 Å². The van der Waals surface area contributed by atoms with Gasteiger partial charge in [0.2, 0.25) is 0 Å². The van der Waals surface area contributed by atoms with Gasteiger partial charge in [-0.3, -0.25) is 10.1 Å². The summed E-state index contributed by atoms with van der Waals surface area (Å²) in [5, 5.41) is 10.5. The topological polar surface area (TPSA) is 68.9 Å². The lowest BCUT2D eigenvalue weighted by Gasteiger charge is -2.07. The van der Waals surface area contributed by atoms with Crippen LogP contribution in [-0.4, -0.2) is 14.9 Å². The molecule has 0 aliphatic carbocycles. The molecule has 5 nitrogen and oxygen atoms in total. The first-order valence-corrected chi connectivity index (χ1v) is 5.58. The molecule has 1 aromatic carbocycles. The van der Waals surface area contributed by atoms with Crippen molar-refractivity contribution in [1.82, 2.24) is 9.97 Å². The molecule has 0 atom stereocenters. The molecule has 1 aromatic heterocycles. The Morgan fingerprint density at radius 3 is 2.50 bits per heavy atom. The van der Waals surface area contributed by atoms with Crippen LogP contribution in [0.2, 0.25) is 0 Å². The van der Waals surface area contributed by atoms with Gasteiger partial charge in [0.05, 0.1) is 4.92 Å². The predicted molar refractivity (Wildman–Crippen MR) is 67.4 cm³/mol. The van der Waals surface area contributed by atoms with E-state index in [0.29, 0.717) is 12.2 Å². The summed E-state index contributed by atoms with van der Waals surface area (Å²) >= 11 is 0. The van der Waals surface area contributed by atoms with Gasteiger partial charge in [-0.1, -0.05) is 18.2 Å². The van der Waals surface area contributed by atoms with E-state index >= 15 is 0 Å². The largest absolute Gasteiger partial charge is 0.305 e. The lowest BCUT2D eigenvalue weighted by Crippen LogP contribution is -2.00. The van der Waals surface area contributed by atoms with E-state index in [1.807, 2.05) is 12.1 Å². The lowest BCUT2D eigenvalue weighted by atomic mass is 10.0. The Morgan fingerprint density at radius 1 is 1.22 bits per heavy atom. The van der Waals surface area contributed by atoms with Crippen LogP contribution in [0.25, 0.3) is 0 Å². The van der Waals surface area contributed by atoms with Gasteiger partial charge >= 0.3 is 5.69 Å². The van der Waals surface area contributed by atoms with Crippen LogP contribution in [0.5, 0.6) is 0 Å². The second kappa shape index (κ2) is 4.91. The number of nitrogens with zero attached hydrogens (tertiary/aromatic N) is 3. The first-order valence-electron chi connectivity index (χ1n) is 5.58. The van der Waals surface area contributed by atoms with Gasteiger partial charge in [0.15, 0.2) is 0 Å². The van der Waals surface area contributed by atoms with Crippen LogP contribution in [0.3, 0.4) is 0 Å². The van der Waals surface area contributed by atoms with Gasteiger partial charge in [-0.15, -0.1) is 0 Å². The number of nitro groups is 1. The van der Waals surface area contributed by atoms with E-state index in [4.69, 9.17) is 0 Å². The quantitative estimate of drug-likeness (QED) is 0.613. The smallest absolute Gasteiger partial charge is 0.258 e. The lowest BCUT2D eigenvalue weighted by molar-refractivity contribution is -0.385. The third-order valence-electron chi connectivity index (χ3n) is 2.97. The molecule has 5 heteroatoms. The van der Waals surface area contributed by atoms with Crippen LogP contribution < -0.4 is 0 Å². The Labute approximate surface area is 105 Å². The minimum atomic E-state index is -0.498. The first kappa shape index (κ1) is 12.2. The number of hydrogen-bond donors (Lipinski definition) is 0. The summed E-state index contributed by atoms with van der Waals surface area (Å²) in [6.45, 7) is 4.10. The van der Waals surface area contributed by atoms with Crippen molar-refractivity contribution in [2.75, 3.05) is 0 Å². The number of hydrogen-bond acceptors (Lipinski definition) is 4. The van der Waals surface area contributed by atoms with Gasteiger partial charge in [0.1, 0.15) is 18.2 Å². The zero-order valence-electron chi connectivity index (χ0n) is 10.3. The molecule has 2 rings (SSSR count). The van der Waals surface area contributed by atoms with Crippen molar-refractivity contribution in [3.05, 3.63) is 63.2 Å². The van der Waals surface area contributed by atoms with Crippen molar-refractivity contribution in [2.24, 2.45) is 0 Å². The summed E-state index contributed by atoms with van der Waals surface area (Å²) in [5.74, 6) is 0.592. The van der Waals surface area contributed by atoms with Gasteiger partial charge < -0.3 is 0 Å². The summed E-state index contributed by atoms with van der Waals surface area (Å²) in [4.78, 5) is 18.0. The molecule has 0 amide bonds. The van der Waals surface area contributed by atoms with Crippen LogP contribution in [0.4, 0.5) is 5.69 Å². The van der Waals surface area contributed by atoms with Crippen molar-refractivity contribution in [2.45, 2.75) is 20.3 Å². The van der Waals surface area contributed by atoms with Crippen LogP contribution in [0, 0.1) is 24.0 Å². The molecule has 0 unspecified atom stereocenters. The number of benzene rings is 1. The highest BCUT2D eigenvalue weighted by Gasteiger charge is 2.08. The zero-order chi connectivity index (χ0) is 13.1. The number of aromatic nitrogens is 2. The molecule has 0 radical (unpaired) electrons. The minimum Gasteiger partial charge on any atom is -0.258 e. The Balaban J connectivity index is 2.24. The van der Waals surface area contributed by atoms with E-state index in [2.05, 4.69) is 29.9 Å². The van der Waals surface area contributed by atoms with Crippen LogP contribution in [0.15, 0.2) is 30.6 Å². The Morgan fingerprint density at radius 2 is 1.89 bits per heavy atom.